The molecule has 4 nitrogen and oxygen atoms in total. The molecule has 3 N–H and O–H groups in total. The molecule has 0 atom stereocenters. The summed E-state index contributed by atoms with van der Waals surface area (Å²) in [6.07, 6.45) is 1.34. The zero-order valence-corrected chi connectivity index (χ0v) is 9.62. The Bertz CT molecular complexity index is 584. The molecule has 0 bridgehead atoms. The van der Waals surface area contributed by atoms with E-state index >= 15 is 0 Å². The standard InChI is InChI=1S/C13H14N2O2/c1-2-3-12(16)11-7-9-6-8(13(14)17)4-5-10(9)15-11/h4-7,15H,2-3H2,1H3,(H2,14,17). The van der Waals surface area contributed by atoms with Crippen molar-refractivity contribution in [3.05, 3.63) is 35.5 Å². The topological polar surface area (TPSA) is 76.0 Å². The SMILES string of the molecule is CCCC(=O)c1cc2cc(C(N)=O)ccc2[nH]1. The molecule has 0 saturated carbocycles. The third-order valence-electron chi connectivity index (χ3n) is 2.68. The maximum absolute atomic E-state index is 11.7. The molecule has 0 unspecified atom stereocenters. The molecule has 17 heavy (non-hydrogen) atoms. The fraction of sp³-hybridized carbons (Fsp3) is 0.231. The Labute approximate surface area is 98.8 Å². The van der Waals surface area contributed by atoms with Gasteiger partial charge in [-0.2, -0.15) is 0 Å². The van der Waals surface area contributed by atoms with Crippen molar-refractivity contribution in [2.45, 2.75) is 19.8 Å². The van der Waals surface area contributed by atoms with Crippen LogP contribution in [0.5, 0.6) is 0 Å². The highest BCUT2D eigenvalue weighted by atomic mass is 16.1. The highest BCUT2D eigenvalue weighted by molar-refractivity contribution is 6.02. The molecule has 88 valence electrons. The van der Waals surface area contributed by atoms with E-state index in [1.165, 1.54) is 0 Å². The van der Waals surface area contributed by atoms with Crippen LogP contribution < -0.4 is 5.73 Å². The van der Waals surface area contributed by atoms with Crippen molar-refractivity contribution < 1.29 is 9.59 Å². The quantitative estimate of drug-likeness (QED) is 0.790. The van der Waals surface area contributed by atoms with Gasteiger partial charge < -0.3 is 10.7 Å². The minimum Gasteiger partial charge on any atom is -0.366 e. The number of ketones is 1. The van der Waals surface area contributed by atoms with Crippen molar-refractivity contribution >= 4 is 22.6 Å². The van der Waals surface area contributed by atoms with Gasteiger partial charge in [0.1, 0.15) is 0 Å². The van der Waals surface area contributed by atoms with Crippen LogP contribution in [-0.2, 0) is 0 Å². The molecule has 0 aliphatic carbocycles. The van der Waals surface area contributed by atoms with E-state index in [1.54, 1.807) is 24.3 Å². The van der Waals surface area contributed by atoms with Crippen molar-refractivity contribution in [3.8, 4) is 0 Å². The molecule has 0 saturated heterocycles. The number of nitrogens with two attached hydrogens (primary N) is 1. The Morgan fingerprint density at radius 2 is 2.06 bits per heavy atom. The van der Waals surface area contributed by atoms with Gasteiger partial charge in [0.2, 0.25) is 5.91 Å². The molecule has 1 aromatic heterocycles. The van der Waals surface area contributed by atoms with Gasteiger partial charge in [0, 0.05) is 22.9 Å². The van der Waals surface area contributed by atoms with Crippen LogP contribution in [0.2, 0.25) is 0 Å². The van der Waals surface area contributed by atoms with Gasteiger partial charge in [-0.25, -0.2) is 0 Å². The van der Waals surface area contributed by atoms with Gasteiger partial charge in [0.15, 0.2) is 5.78 Å². The van der Waals surface area contributed by atoms with Crippen LogP contribution in [-0.4, -0.2) is 16.7 Å². The van der Waals surface area contributed by atoms with Crippen LogP contribution in [0.4, 0.5) is 0 Å². The summed E-state index contributed by atoms with van der Waals surface area (Å²) < 4.78 is 0. The summed E-state index contributed by atoms with van der Waals surface area (Å²) >= 11 is 0. The van der Waals surface area contributed by atoms with E-state index in [9.17, 15) is 9.59 Å². The first kappa shape index (κ1) is 11.4. The molecule has 1 aromatic carbocycles. The van der Waals surface area contributed by atoms with E-state index in [4.69, 9.17) is 5.73 Å². The number of aromatic nitrogens is 1. The molecule has 1 amide bonds. The Kier molecular flexibility index (Phi) is 2.95. The summed E-state index contributed by atoms with van der Waals surface area (Å²) in [4.78, 5) is 25.8. The maximum Gasteiger partial charge on any atom is 0.248 e. The second-order valence-electron chi connectivity index (χ2n) is 4.02. The van der Waals surface area contributed by atoms with Gasteiger partial charge in [-0.1, -0.05) is 6.92 Å². The van der Waals surface area contributed by atoms with E-state index in [0.717, 1.165) is 17.3 Å². The van der Waals surface area contributed by atoms with Gasteiger partial charge in [-0.05, 0) is 30.7 Å². The third kappa shape index (κ3) is 2.20. The predicted molar refractivity (Wildman–Crippen MR) is 66.1 cm³/mol. The number of hydrogen-bond acceptors (Lipinski definition) is 2. The Balaban J connectivity index is 2.43. The summed E-state index contributed by atoms with van der Waals surface area (Å²) in [6, 6.07) is 6.87. The number of rotatable bonds is 4. The lowest BCUT2D eigenvalue weighted by atomic mass is 10.1. The lowest BCUT2D eigenvalue weighted by Gasteiger charge is -1.94. The second kappa shape index (κ2) is 4.41. The average Bonchev–Trinajstić information content (AvgIpc) is 2.71. The van der Waals surface area contributed by atoms with Crippen molar-refractivity contribution in [1.29, 1.82) is 0 Å². The minimum atomic E-state index is -0.463. The average molecular weight is 230 g/mol. The first-order valence-corrected chi connectivity index (χ1v) is 5.57. The molecule has 2 aromatic rings. The number of nitrogens with one attached hydrogen (secondary N) is 1. The molecule has 0 radical (unpaired) electrons. The highest BCUT2D eigenvalue weighted by Gasteiger charge is 2.09. The summed E-state index contributed by atoms with van der Waals surface area (Å²) in [7, 11) is 0. The number of primary amides is 1. The van der Waals surface area contributed by atoms with Crippen molar-refractivity contribution in [2.24, 2.45) is 5.73 Å². The Hall–Kier alpha value is -2.10. The van der Waals surface area contributed by atoms with Crippen LogP contribution in [0, 0.1) is 0 Å². The van der Waals surface area contributed by atoms with E-state index in [1.807, 2.05) is 6.92 Å². The van der Waals surface area contributed by atoms with Gasteiger partial charge >= 0.3 is 0 Å². The number of Topliss-reactive ketones (excluding diaryl/α,β-unsaturated/α-hetero) is 1. The van der Waals surface area contributed by atoms with Crippen LogP contribution in [0.25, 0.3) is 10.9 Å². The summed E-state index contributed by atoms with van der Waals surface area (Å²) in [5.41, 5.74) is 7.08. The number of carbonyl (C=O) groups is 2. The highest BCUT2D eigenvalue weighted by Crippen LogP contribution is 2.18. The van der Waals surface area contributed by atoms with Crippen LogP contribution in [0.15, 0.2) is 24.3 Å². The van der Waals surface area contributed by atoms with Gasteiger partial charge in [0.05, 0.1) is 5.69 Å². The van der Waals surface area contributed by atoms with Crippen LogP contribution in [0.1, 0.15) is 40.6 Å². The smallest absolute Gasteiger partial charge is 0.248 e. The largest absolute Gasteiger partial charge is 0.366 e. The molecule has 0 aliphatic rings. The lowest BCUT2D eigenvalue weighted by Crippen LogP contribution is -2.10. The summed E-state index contributed by atoms with van der Waals surface area (Å²) in [5.74, 6) is -0.376. The fourth-order valence-electron chi connectivity index (χ4n) is 1.80. The minimum absolute atomic E-state index is 0.0873. The van der Waals surface area contributed by atoms with Crippen molar-refractivity contribution in [3.63, 3.8) is 0 Å². The maximum atomic E-state index is 11.7. The van der Waals surface area contributed by atoms with Crippen molar-refractivity contribution in [1.82, 2.24) is 4.98 Å². The molecule has 2 rings (SSSR count). The number of hydrogen-bond donors (Lipinski definition) is 2. The normalized spacial score (nSPS) is 10.6. The number of carbonyl (C=O) groups excluding carboxylic acids is 2. The molecular formula is C13H14N2O2. The Morgan fingerprint density at radius 1 is 1.29 bits per heavy atom. The number of fused-ring (bicyclic) bond motifs is 1. The molecular weight excluding hydrogens is 216 g/mol. The van der Waals surface area contributed by atoms with E-state index in [-0.39, 0.29) is 5.78 Å². The van der Waals surface area contributed by atoms with Gasteiger partial charge in [0.25, 0.3) is 0 Å². The van der Waals surface area contributed by atoms with Crippen LogP contribution >= 0.6 is 0 Å². The van der Waals surface area contributed by atoms with E-state index in [2.05, 4.69) is 4.98 Å². The van der Waals surface area contributed by atoms with Gasteiger partial charge in [-0.3, -0.25) is 9.59 Å². The van der Waals surface area contributed by atoms with E-state index < -0.39 is 5.91 Å². The molecule has 0 spiro atoms. The number of benzene rings is 1. The van der Waals surface area contributed by atoms with Gasteiger partial charge in [-0.15, -0.1) is 0 Å². The first-order valence-electron chi connectivity index (χ1n) is 5.57. The zero-order chi connectivity index (χ0) is 12.4. The monoisotopic (exact) mass is 230 g/mol. The molecule has 0 aliphatic heterocycles. The molecule has 1 heterocycles. The fourth-order valence-corrected chi connectivity index (χ4v) is 1.80. The first-order chi connectivity index (χ1) is 8.11. The number of aromatic amines is 1. The van der Waals surface area contributed by atoms with E-state index in [0.29, 0.717) is 17.7 Å². The third-order valence-corrected chi connectivity index (χ3v) is 2.68. The zero-order valence-electron chi connectivity index (χ0n) is 9.62. The summed E-state index contributed by atoms with van der Waals surface area (Å²) in [6.45, 7) is 1.96. The number of H-pyrrole nitrogens is 1. The molecule has 0 fully saturated rings. The van der Waals surface area contributed by atoms with Crippen molar-refractivity contribution in [2.75, 3.05) is 0 Å². The second-order valence-corrected chi connectivity index (χ2v) is 4.02. The Morgan fingerprint density at radius 3 is 2.71 bits per heavy atom. The summed E-state index contributed by atoms with van der Waals surface area (Å²) in [5, 5.41) is 0.834. The molecule has 4 heteroatoms. The predicted octanol–water partition coefficient (Wildman–Crippen LogP) is 2.25. The number of amides is 1. The lowest BCUT2D eigenvalue weighted by molar-refractivity contribution is 0.0975. The van der Waals surface area contributed by atoms with Crippen LogP contribution in [0.3, 0.4) is 0 Å².